The Labute approximate surface area is 199 Å². The molecule has 0 radical (unpaired) electrons. The van der Waals surface area contributed by atoms with E-state index in [0.717, 1.165) is 53.7 Å². The third-order valence-electron chi connectivity index (χ3n) is 6.47. The summed E-state index contributed by atoms with van der Waals surface area (Å²) in [6.07, 6.45) is 5.14. The van der Waals surface area contributed by atoms with E-state index in [1.54, 1.807) is 25.1 Å². The summed E-state index contributed by atoms with van der Waals surface area (Å²) in [5.74, 6) is 0.00402. The van der Waals surface area contributed by atoms with Crippen LogP contribution in [0.15, 0.2) is 66.3 Å². The second kappa shape index (κ2) is 10.5. The lowest BCUT2D eigenvalue weighted by molar-refractivity contribution is -0.145. The van der Waals surface area contributed by atoms with Crippen LogP contribution in [0.1, 0.15) is 56.6 Å². The Hall–Kier alpha value is -2.96. The second-order valence-electron chi connectivity index (χ2n) is 8.92. The molecule has 2 atom stereocenters. The molecule has 2 unspecified atom stereocenters. The van der Waals surface area contributed by atoms with Crippen LogP contribution in [0.25, 0.3) is 5.57 Å². The van der Waals surface area contributed by atoms with Crippen molar-refractivity contribution in [1.82, 2.24) is 0 Å². The summed E-state index contributed by atoms with van der Waals surface area (Å²) in [5.41, 5.74) is 3.16. The summed E-state index contributed by atoms with van der Waals surface area (Å²) in [5, 5.41) is 20.8. The maximum absolute atomic E-state index is 13.7. The van der Waals surface area contributed by atoms with Gasteiger partial charge in [0.2, 0.25) is 0 Å². The summed E-state index contributed by atoms with van der Waals surface area (Å²) >= 11 is 0. The molecular formula is C28H31FO5. The van der Waals surface area contributed by atoms with Crippen molar-refractivity contribution in [3.05, 3.63) is 83.2 Å². The standard InChI is InChI=1S/C28H31FO5/c1-2-33-26(32)18-22(31)17-21(30)13-14-24-27(19-9-11-20(29)12-10-19)23-7-3-4-8-25(23)34-28(24)15-5-6-16-28/h3-4,7-14,21-22,30-31H,2,5-6,15-18H2,1H3/b14-13+. The van der Waals surface area contributed by atoms with E-state index in [4.69, 9.17) is 9.47 Å². The molecule has 1 spiro atoms. The highest BCUT2D eigenvalue weighted by Crippen LogP contribution is 2.50. The number of carbonyl (C=O) groups excluding carboxylic acids is 1. The van der Waals surface area contributed by atoms with Gasteiger partial charge in [-0.1, -0.05) is 42.5 Å². The zero-order valence-electron chi connectivity index (χ0n) is 19.4. The molecule has 180 valence electrons. The van der Waals surface area contributed by atoms with E-state index in [1.807, 2.05) is 30.3 Å². The molecular weight excluding hydrogens is 435 g/mol. The third-order valence-corrected chi connectivity index (χ3v) is 6.47. The van der Waals surface area contributed by atoms with Gasteiger partial charge in [-0.15, -0.1) is 0 Å². The molecule has 1 heterocycles. The molecule has 1 saturated carbocycles. The Morgan fingerprint density at radius 1 is 1.15 bits per heavy atom. The molecule has 0 bridgehead atoms. The molecule has 5 nitrogen and oxygen atoms in total. The SMILES string of the molecule is CCOC(=O)CC(O)CC(O)/C=C/C1=C(c2ccc(F)cc2)c2ccccc2OC12CCCC2. The lowest BCUT2D eigenvalue weighted by atomic mass is 9.79. The third kappa shape index (κ3) is 5.24. The minimum atomic E-state index is -1.01. The number of aliphatic hydroxyl groups excluding tert-OH is 2. The first-order valence-corrected chi connectivity index (χ1v) is 11.9. The average Bonchev–Trinajstić information content (AvgIpc) is 3.26. The van der Waals surface area contributed by atoms with Crippen LogP contribution in [0.5, 0.6) is 5.75 Å². The summed E-state index contributed by atoms with van der Waals surface area (Å²) in [6, 6.07) is 14.3. The second-order valence-corrected chi connectivity index (χ2v) is 8.92. The Balaban J connectivity index is 1.70. The number of hydrogen-bond donors (Lipinski definition) is 2. The zero-order valence-corrected chi connectivity index (χ0v) is 19.4. The Morgan fingerprint density at radius 2 is 1.85 bits per heavy atom. The minimum absolute atomic E-state index is 0.0128. The van der Waals surface area contributed by atoms with Crippen LogP contribution < -0.4 is 4.74 Å². The van der Waals surface area contributed by atoms with Crippen molar-refractivity contribution in [2.45, 2.75) is 63.3 Å². The number of fused-ring (bicyclic) bond motifs is 1. The minimum Gasteiger partial charge on any atom is -0.482 e. The molecule has 2 N–H and O–H groups in total. The van der Waals surface area contributed by atoms with Crippen LogP contribution in [0.2, 0.25) is 0 Å². The van der Waals surface area contributed by atoms with Gasteiger partial charge in [-0.05, 0) is 61.9 Å². The predicted molar refractivity (Wildman–Crippen MR) is 128 cm³/mol. The smallest absolute Gasteiger partial charge is 0.308 e. The predicted octanol–water partition coefficient (Wildman–Crippen LogP) is 4.95. The van der Waals surface area contributed by atoms with E-state index in [9.17, 15) is 19.4 Å². The fourth-order valence-electron chi connectivity index (χ4n) is 4.94. The topological polar surface area (TPSA) is 76.0 Å². The largest absolute Gasteiger partial charge is 0.482 e. The molecule has 0 aromatic heterocycles. The molecule has 0 amide bonds. The van der Waals surface area contributed by atoms with Gasteiger partial charge in [0.15, 0.2) is 0 Å². The number of para-hydroxylation sites is 1. The summed E-state index contributed by atoms with van der Waals surface area (Å²) < 4.78 is 25.2. The molecule has 0 saturated heterocycles. The van der Waals surface area contributed by atoms with Gasteiger partial charge in [0.25, 0.3) is 0 Å². The van der Waals surface area contributed by atoms with Crippen LogP contribution in [-0.2, 0) is 9.53 Å². The number of aliphatic hydroxyl groups is 2. The van der Waals surface area contributed by atoms with Gasteiger partial charge in [0.05, 0.1) is 25.2 Å². The Bertz CT molecular complexity index is 1070. The number of hydrogen-bond acceptors (Lipinski definition) is 5. The maximum Gasteiger partial charge on any atom is 0.308 e. The highest BCUT2D eigenvalue weighted by molar-refractivity contribution is 5.89. The number of halogens is 1. The molecule has 1 aliphatic carbocycles. The van der Waals surface area contributed by atoms with Gasteiger partial charge in [0.1, 0.15) is 17.2 Å². The lowest BCUT2D eigenvalue weighted by Gasteiger charge is -2.39. The zero-order chi connectivity index (χ0) is 24.1. The van der Waals surface area contributed by atoms with Crippen LogP contribution in [-0.4, -0.2) is 40.6 Å². The van der Waals surface area contributed by atoms with Crippen LogP contribution in [0.4, 0.5) is 4.39 Å². The number of benzene rings is 2. The van der Waals surface area contributed by atoms with Crippen LogP contribution >= 0.6 is 0 Å². The summed E-state index contributed by atoms with van der Waals surface area (Å²) in [6.45, 7) is 1.95. The molecule has 2 aromatic rings. The first-order valence-electron chi connectivity index (χ1n) is 11.9. The van der Waals surface area contributed by atoms with Gasteiger partial charge in [-0.25, -0.2) is 4.39 Å². The van der Waals surface area contributed by atoms with Crippen molar-refractivity contribution in [2.24, 2.45) is 0 Å². The molecule has 6 heteroatoms. The highest BCUT2D eigenvalue weighted by Gasteiger charge is 2.44. The van der Waals surface area contributed by atoms with Crippen molar-refractivity contribution >= 4 is 11.5 Å². The quantitative estimate of drug-likeness (QED) is 0.538. The molecule has 34 heavy (non-hydrogen) atoms. The van der Waals surface area contributed by atoms with E-state index < -0.39 is 23.8 Å². The van der Waals surface area contributed by atoms with Gasteiger partial charge in [0, 0.05) is 17.6 Å². The van der Waals surface area contributed by atoms with Crippen molar-refractivity contribution in [2.75, 3.05) is 6.61 Å². The van der Waals surface area contributed by atoms with E-state index >= 15 is 0 Å². The monoisotopic (exact) mass is 466 g/mol. The first kappa shape index (κ1) is 24.2. The van der Waals surface area contributed by atoms with Gasteiger partial charge in [-0.3, -0.25) is 4.79 Å². The van der Waals surface area contributed by atoms with Gasteiger partial charge in [-0.2, -0.15) is 0 Å². The van der Waals surface area contributed by atoms with Crippen LogP contribution in [0.3, 0.4) is 0 Å². The van der Waals surface area contributed by atoms with Crippen molar-refractivity contribution in [1.29, 1.82) is 0 Å². The molecule has 2 aromatic carbocycles. The summed E-state index contributed by atoms with van der Waals surface area (Å²) in [4.78, 5) is 11.6. The van der Waals surface area contributed by atoms with Gasteiger partial charge < -0.3 is 19.7 Å². The fraction of sp³-hybridized carbons (Fsp3) is 0.393. The van der Waals surface area contributed by atoms with Crippen molar-refractivity contribution in [3.8, 4) is 5.75 Å². The number of carbonyl (C=O) groups is 1. The number of esters is 1. The lowest BCUT2D eigenvalue weighted by Crippen LogP contribution is -2.38. The first-order chi connectivity index (χ1) is 16.4. The molecule has 1 aliphatic heterocycles. The van der Waals surface area contributed by atoms with Crippen molar-refractivity contribution < 1.29 is 28.9 Å². The number of rotatable bonds is 8. The fourth-order valence-corrected chi connectivity index (χ4v) is 4.94. The molecule has 1 fully saturated rings. The van der Waals surface area contributed by atoms with Crippen LogP contribution in [0, 0.1) is 5.82 Å². The Morgan fingerprint density at radius 3 is 2.56 bits per heavy atom. The average molecular weight is 467 g/mol. The van der Waals surface area contributed by atoms with E-state index in [-0.39, 0.29) is 25.3 Å². The van der Waals surface area contributed by atoms with Gasteiger partial charge >= 0.3 is 5.97 Å². The number of ether oxygens (including phenoxy) is 2. The Kier molecular flexibility index (Phi) is 7.49. The van der Waals surface area contributed by atoms with E-state index in [2.05, 4.69) is 0 Å². The highest BCUT2D eigenvalue weighted by atomic mass is 19.1. The van der Waals surface area contributed by atoms with Crippen molar-refractivity contribution in [3.63, 3.8) is 0 Å². The normalized spacial score (nSPS) is 18.6. The maximum atomic E-state index is 13.7. The van der Waals surface area contributed by atoms with E-state index in [1.165, 1.54) is 12.1 Å². The molecule has 4 rings (SSSR count). The summed E-state index contributed by atoms with van der Waals surface area (Å²) in [7, 11) is 0. The van der Waals surface area contributed by atoms with E-state index in [0.29, 0.717) is 0 Å². The molecule has 2 aliphatic rings.